The van der Waals surface area contributed by atoms with Gasteiger partial charge in [0.15, 0.2) is 3.95 Å². The van der Waals surface area contributed by atoms with Crippen molar-refractivity contribution in [2.75, 3.05) is 7.11 Å². The molecular formula is C12H13NOS2. The fraction of sp³-hybridized carbons (Fsp3) is 0.250. The highest BCUT2D eigenvalue weighted by Gasteiger charge is 2.05. The molecule has 2 rings (SSSR count). The lowest BCUT2D eigenvalue weighted by atomic mass is 10.2. The summed E-state index contributed by atoms with van der Waals surface area (Å²) in [7, 11) is 1.69. The molecule has 0 aliphatic carbocycles. The van der Waals surface area contributed by atoms with Crippen molar-refractivity contribution in [1.82, 2.24) is 4.57 Å². The summed E-state index contributed by atoms with van der Waals surface area (Å²) < 4.78 is 8.36. The molecule has 0 spiro atoms. The van der Waals surface area contributed by atoms with Crippen LogP contribution in [0.15, 0.2) is 29.6 Å². The van der Waals surface area contributed by atoms with Gasteiger partial charge in [-0.2, -0.15) is 0 Å². The maximum atomic E-state index is 5.33. The molecular weight excluding hydrogens is 238 g/mol. The van der Waals surface area contributed by atoms with Crippen molar-refractivity contribution in [3.63, 3.8) is 0 Å². The summed E-state index contributed by atoms with van der Waals surface area (Å²) in [5, 5.41) is 2.08. The molecule has 2 nitrogen and oxygen atoms in total. The molecule has 0 unspecified atom stereocenters. The van der Waals surface area contributed by atoms with E-state index >= 15 is 0 Å². The van der Waals surface area contributed by atoms with E-state index in [2.05, 4.69) is 22.9 Å². The molecule has 1 aromatic carbocycles. The van der Waals surface area contributed by atoms with Crippen LogP contribution in [0.5, 0.6) is 5.75 Å². The zero-order valence-electron chi connectivity index (χ0n) is 9.27. The molecule has 0 radical (unpaired) electrons. The highest BCUT2D eigenvalue weighted by molar-refractivity contribution is 7.73. The maximum Gasteiger partial charge on any atom is 0.161 e. The van der Waals surface area contributed by atoms with Crippen LogP contribution in [-0.4, -0.2) is 11.7 Å². The summed E-state index contributed by atoms with van der Waals surface area (Å²) in [5.74, 6) is 0.912. The number of nitrogens with zero attached hydrogens (tertiary/aromatic N) is 1. The van der Waals surface area contributed by atoms with Crippen LogP contribution in [0.2, 0.25) is 0 Å². The number of para-hydroxylation sites is 1. The van der Waals surface area contributed by atoms with Crippen molar-refractivity contribution < 1.29 is 4.74 Å². The molecule has 0 aliphatic rings. The van der Waals surface area contributed by atoms with Crippen LogP contribution in [0, 0.1) is 10.9 Å². The lowest BCUT2D eigenvalue weighted by molar-refractivity contribution is 0.408. The highest BCUT2D eigenvalue weighted by atomic mass is 32.1. The van der Waals surface area contributed by atoms with Gasteiger partial charge in [-0.15, -0.1) is 11.3 Å². The van der Waals surface area contributed by atoms with Gasteiger partial charge in [-0.3, -0.25) is 0 Å². The average Bonchev–Trinajstić information content (AvgIpc) is 2.61. The molecule has 16 heavy (non-hydrogen) atoms. The van der Waals surface area contributed by atoms with Crippen LogP contribution in [0.25, 0.3) is 0 Å². The van der Waals surface area contributed by atoms with Crippen LogP contribution in [0.4, 0.5) is 0 Å². The molecule has 0 bridgehead atoms. The topological polar surface area (TPSA) is 14.2 Å². The molecule has 84 valence electrons. The van der Waals surface area contributed by atoms with Crippen LogP contribution in [0.1, 0.15) is 11.3 Å². The van der Waals surface area contributed by atoms with Gasteiger partial charge in [0.1, 0.15) is 5.75 Å². The van der Waals surface area contributed by atoms with E-state index in [0.717, 1.165) is 21.8 Å². The fourth-order valence-corrected chi connectivity index (χ4v) is 2.69. The van der Waals surface area contributed by atoms with E-state index in [0.29, 0.717) is 0 Å². The van der Waals surface area contributed by atoms with Gasteiger partial charge in [0.2, 0.25) is 0 Å². The second kappa shape index (κ2) is 4.80. The Labute approximate surface area is 104 Å². The zero-order chi connectivity index (χ0) is 11.5. The van der Waals surface area contributed by atoms with E-state index < -0.39 is 0 Å². The molecule has 1 heterocycles. The first-order valence-corrected chi connectivity index (χ1v) is 6.28. The van der Waals surface area contributed by atoms with Crippen LogP contribution in [-0.2, 0) is 6.54 Å². The van der Waals surface area contributed by atoms with Crippen molar-refractivity contribution in [3.05, 3.63) is 44.9 Å². The van der Waals surface area contributed by atoms with Crippen LogP contribution >= 0.6 is 23.6 Å². The molecule has 0 fully saturated rings. The van der Waals surface area contributed by atoms with Crippen molar-refractivity contribution in [2.45, 2.75) is 13.5 Å². The third kappa shape index (κ3) is 2.18. The standard InChI is InChI=1S/C12H13NOS2/c1-9-8-16-12(15)13(9)7-10-5-3-4-6-11(10)14-2/h3-6,8H,7H2,1-2H3. The van der Waals surface area contributed by atoms with Gasteiger partial charge >= 0.3 is 0 Å². The number of hydrogen-bond acceptors (Lipinski definition) is 3. The number of aryl methyl sites for hydroxylation is 1. The Bertz CT molecular complexity index is 542. The van der Waals surface area contributed by atoms with Gasteiger partial charge in [-0.1, -0.05) is 18.2 Å². The van der Waals surface area contributed by atoms with Crippen molar-refractivity contribution in [3.8, 4) is 5.75 Å². The molecule has 1 aromatic heterocycles. The fourth-order valence-electron chi connectivity index (χ4n) is 1.60. The molecule has 0 N–H and O–H groups in total. The molecule has 0 aliphatic heterocycles. The monoisotopic (exact) mass is 251 g/mol. The number of methoxy groups -OCH3 is 1. The Morgan fingerprint density at radius 2 is 2.12 bits per heavy atom. The summed E-state index contributed by atoms with van der Waals surface area (Å²) in [5.41, 5.74) is 2.35. The van der Waals surface area contributed by atoms with Crippen LogP contribution in [0.3, 0.4) is 0 Å². The number of hydrogen-bond donors (Lipinski definition) is 0. The summed E-state index contributed by atoms with van der Waals surface area (Å²) in [6.45, 7) is 2.85. The van der Waals surface area contributed by atoms with Gasteiger partial charge in [-0.25, -0.2) is 0 Å². The van der Waals surface area contributed by atoms with Gasteiger partial charge in [0.05, 0.1) is 13.7 Å². The smallest absolute Gasteiger partial charge is 0.161 e. The Morgan fingerprint density at radius 1 is 1.38 bits per heavy atom. The van der Waals surface area contributed by atoms with E-state index in [9.17, 15) is 0 Å². The third-order valence-corrected chi connectivity index (χ3v) is 3.89. The summed E-state index contributed by atoms with van der Waals surface area (Å²) >= 11 is 6.89. The van der Waals surface area contributed by atoms with Gasteiger partial charge in [0.25, 0.3) is 0 Å². The summed E-state index contributed by atoms with van der Waals surface area (Å²) in [4.78, 5) is 0. The molecule has 0 amide bonds. The maximum absolute atomic E-state index is 5.33. The number of rotatable bonds is 3. The number of thiazole rings is 1. The SMILES string of the molecule is COc1ccccc1Cn1c(C)csc1=S. The summed E-state index contributed by atoms with van der Waals surface area (Å²) in [6, 6.07) is 8.03. The highest BCUT2D eigenvalue weighted by Crippen LogP contribution is 2.20. The van der Waals surface area contributed by atoms with E-state index in [1.54, 1.807) is 18.4 Å². The molecule has 0 atom stereocenters. The predicted molar refractivity (Wildman–Crippen MR) is 70.0 cm³/mol. The zero-order valence-corrected chi connectivity index (χ0v) is 10.9. The Balaban J connectivity index is 2.37. The first kappa shape index (κ1) is 11.4. The lowest BCUT2D eigenvalue weighted by Crippen LogP contribution is -2.03. The Kier molecular flexibility index (Phi) is 3.41. The first-order valence-electron chi connectivity index (χ1n) is 4.99. The Morgan fingerprint density at radius 3 is 2.75 bits per heavy atom. The normalized spacial score (nSPS) is 10.4. The van der Waals surface area contributed by atoms with Gasteiger partial charge in [-0.05, 0) is 25.2 Å². The number of aromatic nitrogens is 1. The molecule has 0 saturated heterocycles. The second-order valence-corrected chi connectivity index (χ2v) is 5.04. The van der Waals surface area contributed by atoms with Crippen LogP contribution < -0.4 is 4.74 Å². The third-order valence-electron chi connectivity index (χ3n) is 2.50. The van der Waals surface area contributed by atoms with E-state index in [1.165, 1.54) is 5.69 Å². The minimum absolute atomic E-state index is 0.776. The summed E-state index contributed by atoms with van der Waals surface area (Å²) in [6.07, 6.45) is 0. The average molecular weight is 251 g/mol. The van der Waals surface area contributed by atoms with Crippen molar-refractivity contribution in [2.24, 2.45) is 0 Å². The lowest BCUT2D eigenvalue weighted by Gasteiger charge is -2.10. The molecule has 4 heteroatoms. The first-order chi connectivity index (χ1) is 7.72. The Hall–Kier alpha value is -1.13. The number of benzene rings is 1. The molecule has 2 aromatic rings. The largest absolute Gasteiger partial charge is 0.496 e. The minimum Gasteiger partial charge on any atom is -0.496 e. The number of ether oxygens (including phenoxy) is 1. The quantitative estimate of drug-likeness (QED) is 0.773. The van der Waals surface area contributed by atoms with E-state index in [4.69, 9.17) is 17.0 Å². The minimum atomic E-state index is 0.776. The van der Waals surface area contributed by atoms with Crippen molar-refractivity contribution >= 4 is 23.6 Å². The van der Waals surface area contributed by atoms with E-state index in [-0.39, 0.29) is 0 Å². The van der Waals surface area contributed by atoms with Crippen molar-refractivity contribution in [1.29, 1.82) is 0 Å². The molecule has 0 saturated carbocycles. The van der Waals surface area contributed by atoms with E-state index in [1.807, 2.05) is 18.2 Å². The van der Waals surface area contributed by atoms with Gasteiger partial charge in [0, 0.05) is 16.6 Å². The second-order valence-electron chi connectivity index (χ2n) is 3.54. The predicted octanol–water partition coefficient (Wildman–Crippen LogP) is 3.64. The van der Waals surface area contributed by atoms with Gasteiger partial charge < -0.3 is 9.30 Å².